The van der Waals surface area contributed by atoms with E-state index < -0.39 is 18.1 Å². The highest BCUT2D eigenvalue weighted by atomic mass is 32.2. The number of hydrogen-bond acceptors (Lipinski definition) is 6. The van der Waals surface area contributed by atoms with Crippen molar-refractivity contribution < 1.29 is 23.0 Å². The maximum absolute atomic E-state index is 13.4. The molecule has 3 fully saturated rings. The predicted molar refractivity (Wildman–Crippen MR) is 142 cm³/mol. The first-order valence-electron chi connectivity index (χ1n) is 13.1. The minimum absolute atomic E-state index is 0.0880. The van der Waals surface area contributed by atoms with Crippen LogP contribution in [0.15, 0.2) is 24.3 Å². The highest BCUT2D eigenvalue weighted by molar-refractivity contribution is 7.89. The quantitative estimate of drug-likeness (QED) is 0.341. The van der Waals surface area contributed by atoms with Gasteiger partial charge < -0.3 is 19.9 Å². The first kappa shape index (κ1) is 27.1. The lowest BCUT2D eigenvalue weighted by Crippen LogP contribution is -2.68. The predicted octanol–water partition coefficient (Wildman–Crippen LogP) is 3.32. The van der Waals surface area contributed by atoms with E-state index in [9.17, 15) is 13.5 Å². The van der Waals surface area contributed by atoms with Gasteiger partial charge in [-0.1, -0.05) is 31.8 Å². The normalized spacial score (nSPS) is 31.3. The number of ether oxygens (including phenoxy) is 2. The molecule has 0 radical (unpaired) electrons. The molecule has 2 saturated heterocycles. The van der Waals surface area contributed by atoms with Crippen LogP contribution in [0, 0.1) is 17.3 Å². The summed E-state index contributed by atoms with van der Waals surface area (Å²) in [6.45, 7) is 9.83. The van der Waals surface area contributed by atoms with E-state index in [1.807, 2.05) is 24.3 Å². The molecule has 2 aliphatic heterocycles. The van der Waals surface area contributed by atoms with Crippen LogP contribution in [0.3, 0.4) is 0 Å². The number of nitrogens with zero attached hydrogens (tertiary/aromatic N) is 1. The first-order valence-corrected chi connectivity index (χ1v) is 18.4. The van der Waals surface area contributed by atoms with Crippen molar-refractivity contribution in [2.75, 3.05) is 39.1 Å². The molecule has 0 spiro atoms. The second kappa shape index (κ2) is 10.8. The summed E-state index contributed by atoms with van der Waals surface area (Å²) in [5, 5.41) is 14.2. The molecule has 0 aromatic heterocycles. The minimum Gasteiger partial charge on any atom is -0.497 e. The number of piperidine rings is 2. The van der Waals surface area contributed by atoms with Crippen LogP contribution in [-0.4, -0.2) is 77.2 Å². The molecule has 2 heterocycles. The molecule has 1 aliphatic carbocycles. The number of sulfonamides is 1. The molecule has 2 N–H and O–H groups in total. The van der Waals surface area contributed by atoms with Crippen LogP contribution in [0.5, 0.6) is 5.75 Å². The fourth-order valence-electron chi connectivity index (χ4n) is 6.32. The van der Waals surface area contributed by atoms with Crippen molar-refractivity contribution in [1.29, 1.82) is 0 Å². The first-order chi connectivity index (χ1) is 16.5. The second-order valence-electron chi connectivity index (χ2n) is 12.2. The van der Waals surface area contributed by atoms with Gasteiger partial charge in [-0.15, -0.1) is 0 Å². The van der Waals surface area contributed by atoms with Crippen molar-refractivity contribution in [3.8, 4) is 5.75 Å². The van der Waals surface area contributed by atoms with Crippen LogP contribution in [0.2, 0.25) is 25.7 Å². The summed E-state index contributed by atoms with van der Waals surface area (Å²) in [5.41, 5.74) is 1.03. The third-order valence-corrected chi connectivity index (χ3v) is 12.3. The van der Waals surface area contributed by atoms with Crippen LogP contribution in [-0.2, 0) is 21.4 Å². The summed E-state index contributed by atoms with van der Waals surface area (Å²) >= 11 is 0. The number of nitrogens with one attached hydrogen (secondary N) is 1. The van der Waals surface area contributed by atoms with E-state index in [2.05, 4.69) is 25.0 Å². The Kier molecular flexibility index (Phi) is 8.35. The summed E-state index contributed by atoms with van der Waals surface area (Å²) < 4.78 is 39.8. The zero-order chi connectivity index (χ0) is 25.3. The third kappa shape index (κ3) is 6.48. The van der Waals surface area contributed by atoms with Gasteiger partial charge in [-0.2, -0.15) is 0 Å². The van der Waals surface area contributed by atoms with Crippen LogP contribution >= 0.6 is 0 Å². The van der Waals surface area contributed by atoms with Gasteiger partial charge in [0.2, 0.25) is 10.0 Å². The highest BCUT2D eigenvalue weighted by Crippen LogP contribution is 2.51. The fraction of sp³-hybridized carbons (Fsp3) is 0.769. The van der Waals surface area contributed by atoms with Crippen molar-refractivity contribution in [3.05, 3.63) is 29.8 Å². The number of hydrogen-bond donors (Lipinski definition) is 2. The van der Waals surface area contributed by atoms with E-state index >= 15 is 0 Å². The third-order valence-electron chi connectivity index (χ3n) is 8.41. The van der Waals surface area contributed by atoms with Gasteiger partial charge in [0, 0.05) is 40.4 Å². The molecule has 9 heteroatoms. The molecule has 5 atom stereocenters. The van der Waals surface area contributed by atoms with E-state index in [0.717, 1.165) is 43.2 Å². The van der Waals surface area contributed by atoms with Gasteiger partial charge in [-0.3, -0.25) is 0 Å². The van der Waals surface area contributed by atoms with Crippen molar-refractivity contribution in [3.63, 3.8) is 0 Å². The summed E-state index contributed by atoms with van der Waals surface area (Å²) in [4.78, 5) is 0. The Labute approximate surface area is 212 Å². The van der Waals surface area contributed by atoms with E-state index in [-0.39, 0.29) is 29.2 Å². The molecule has 1 saturated carbocycles. The smallest absolute Gasteiger partial charge is 0.213 e. The monoisotopic (exact) mass is 524 g/mol. The summed E-state index contributed by atoms with van der Waals surface area (Å²) in [6.07, 6.45) is 3.09. The fourth-order valence-corrected chi connectivity index (χ4v) is 10.9. The number of aliphatic hydroxyl groups excluding tert-OH is 1. The van der Waals surface area contributed by atoms with Crippen molar-refractivity contribution in [2.24, 2.45) is 17.3 Å². The zero-order valence-corrected chi connectivity index (χ0v) is 23.6. The number of rotatable bonds is 11. The summed E-state index contributed by atoms with van der Waals surface area (Å²) in [5.74, 6) is 1.78. The average molecular weight is 525 g/mol. The molecule has 198 valence electrons. The topological polar surface area (TPSA) is 88.1 Å². The second-order valence-corrected chi connectivity index (χ2v) is 19.9. The number of methoxy groups -OCH3 is 1. The van der Waals surface area contributed by atoms with E-state index in [0.29, 0.717) is 38.6 Å². The van der Waals surface area contributed by atoms with Crippen molar-refractivity contribution >= 4 is 18.1 Å². The molecule has 3 aliphatic rings. The van der Waals surface area contributed by atoms with Gasteiger partial charge in [-0.05, 0) is 66.7 Å². The molecule has 7 nitrogen and oxygen atoms in total. The lowest BCUT2D eigenvalue weighted by molar-refractivity contribution is -0.0958. The Balaban J connectivity index is 1.40. The standard InChI is InChI=1S/C26H44N2O5SSi/c1-32-22-8-6-20(7-9-22)17-33-11-5-10-26-18-27-24-15-23(26)21(14-25(24)29)16-28(19-26)34(30,31)12-13-35(2,3)4/h6-9,21,23-25,27,29H,5,10-19H2,1-4H3/t21-,23-,24-,25+,26+/m1/s1. The minimum atomic E-state index is -3.31. The summed E-state index contributed by atoms with van der Waals surface area (Å²) in [7, 11) is -3.10. The van der Waals surface area contributed by atoms with E-state index in [1.54, 1.807) is 11.4 Å². The van der Waals surface area contributed by atoms with Crippen LogP contribution < -0.4 is 10.1 Å². The molecule has 1 aromatic carbocycles. The number of aliphatic hydroxyl groups is 1. The number of benzene rings is 1. The zero-order valence-electron chi connectivity index (χ0n) is 21.8. The van der Waals surface area contributed by atoms with Gasteiger partial charge in [0.1, 0.15) is 5.75 Å². The molecular formula is C26H44N2O5SSi. The molecule has 35 heavy (non-hydrogen) atoms. The molecule has 4 rings (SSSR count). The maximum Gasteiger partial charge on any atom is 0.213 e. The molecule has 0 amide bonds. The van der Waals surface area contributed by atoms with E-state index in [1.165, 1.54) is 0 Å². The van der Waals surface area contributed by atoms with Crippen molar-refractivity contribution in [1.82, 2.24) is 9.62 Å². The van der Waals surface area contributed by atoms with Gasteiger partial charge in [0.25, 0.3) is 0 Å². The molecule has 0 unspecified atom stereocenters. The van der Waals surface area contributed by atoms with Crippen molar-refractivity contribution in [2.45, 2.75) is 70.1 Å². The lowest BCUT2D eigenvalue weighted by Gasteiger charge is -2.59. The van der Waals surface area contributed by atoms with Gasteiger partial charge in [0.15, 0.2) is 0 Å². The SMILES string of the molecule is COc1ccc(COCCC[C@@]23CN[C@@H]4C[C@@H]2[C@H](C[C@@H]4O)CN(S(=O)(=O)CC[Si](C)(C)C)C3)cc1. The molecular weight excluding hydrogens is 480 g/mol. The van der Waals surface area contributed by atoms with E-state index in [4.69, 9.17) is 9.47 Å². The lowest BCUT2D eigenvalue weighted by atomic mass is 9.56. The van der Waals surface area contributed by atoms with Gasteiger partial charge >= 0.3 is 0 Å². The Morgan fingerprint density at radius 1 is 1.20 bits per heavy atom. The average Bonchev–Trinajstić information content (AvgIpc) is 2.82. The Hall–Kier alpha value is -0.973. The number of fused-ring (bicyclic) bond motifs is 1. The Bertz CT molecular complexity index is 951. The summed E-state index contributed by atoms with van der Waals surface area (Å²) in [6, 6.07) is 8.85. The van der Waals surface area contributed by atoms with Crippen LogP contribution in [0.25, 0.3) is 0 Å². The largest absolute Gasteiger partial charge is 0.497 e. The van der Waals surface area contributed by atoms with Crippen LogP contribution in [0.4, 0.5) is 0 Å². The Morgan fingerprint density at radius 3 is 2.63 bits per heavy atom. The highest BCUT2D eigenvalue weighted by Gasteiger charge is 2.56. The van der Waals surface area contributed by atoms with Crippen LogP contribution in [0.1, 0.15) is 31.2 Å². The molecule has 1 aromatic rings. The Morgan fingerprint density at radius 2 is 1.94 bits per heavy atom. The molecule has 2 bridgehead atoms. The van der Waals surface area contributed by atoms with Gasteiger partial charge in [0.05, 0.1) is 25.6 Å². The van der Waals surface area contributed by atoms with Gasteiger partial charge in [-0.25, -0.2) is 12.7 Å². The maximum atomic E-state index is 13.4.